The Morgan fingerprint density at radius 2 is 2.04 bits per heavy atom. The smallest absolute Gasteiger partial charge is 0.324 e. The standard InChI is InChI=1S/C17H18FN7O3/c18-12-3-1-11(2-4-12)9-14-20-15(28-23-14)21-16(26)24-7-5-13(6-8-24)25-10-19-22-17(25)27/h1-4,10,13H,5-9H2,(H,22,27)(H,20,21,23,26). The third kappa shape index (κ3) is 3.92. The van der Waals surface area contributed by atoms with E-state index in [-0.39, 0.29) is 29.6 Å². The Hall–Kier alpha value is -3.50. The zero-order valence-electron chi connectivity index (χ0n) is 14.8. The quantitative estimate of drug-likeness (QED) is 0.700. The Morgan fingerprint density at radius 3 is 2.71 bits per heavy atom. The number of urea groups is 1. The maximum atomic E-state index is 13.0. The number of likely N-dealkylation sites (tertiary alicyclic amines) is 1. The average Bonchev–Trinajstić information content (AvgIpc) is 3.32. The van der Waals surface area contributed by atoms with Gasteiger partial charge in [0.05, 0.1) is 0 Å². The van der Waals surface area contributed by atoms with E-state index in [1.165, 1.54) is 18.5 Å². The Balaban J connectivity index is 1.31. The molecule has 4 rings (SSSR count). The first-order chi connectivity index (χ1) is 13.6. The Kier molecular flexibility index (Phi) is 4.87. The molecular weight excluding hydrogens is 369 g/mol. The van der Waals surface area contributed by atoms with Gasteiger partial charge >= 0.3 is 17.7 Å². The first-order valence-corrected chi connectivity index (χ1v) is 8.83. The number of anilines is 1. The number of piperidine rings is 1. The molecule has 2 aromatic heterocycles. The normalized spacial score (nSPS) is 15.0. The van der Waals surface area contributed by atoms with E-state index in [0.29, 0.717) is 38.2 Å². The van der Waals surface area contributed by atoms with Crippen LogP contribution in [0.5, 0.6) is 0 Å². The number of hydrogen-bond acceptors (Lipinski definition) is 6. The fraction of sp³-hybridized carbons (Fsp3) is 0.353. The summed E-state index contributed by atoms with van der Waals surface area (Å²) in [5, 5.41) is 12.5. The van der Waals surface area contributed by atoms with Crippen LogP contribution in [0.2, 0.25) is 0 Å². The maximum absolute atomic E-state index is 13.0. The Labute approximate surface area is 158 Å². The highest BCUT2D eigenvalue weighted by molar-refractivity contribution is 5.87. The molecule has 0 aliphatic carbocycles. The van der Waals surface area contributed by atoms with Crippen LogP contribution < -0.4 is 11.0 Å². The number of carbonyl (C=O) groups is 1. The van der Waals surface area contributed by atoms with Gasteiger partial charge < -0.3 is 9.42 Å². The van der Waals surface area contributed by atoms with Gasteiger partial charge in [-0.1, -0.05) is 17.3 Å². The number of carbonyl (C=O) groups excluding carboxylic acids is 1. The predicted molar refractivity (Wildman–Crippen MR) is 95.2 cm³/mol. The minimum Gasteiger partial charge on any atom is -0.324 e. The maximum Gasteiger partial charge on any atom is 0.343 e. The molecule has 1 fully saturated rings. The van der Waals surface area contributed by atoms with E-state index in [1.54, 1.807) is 21.6 Å². The lowest BCUT2D eigenvalue weighted by molar-refractivity contribution is 0.182. The van der Waals surface area contributed by atoms with Gasteiger partial charge in [0.2, 0.25) is 0 Å². The summed E-state index contributed by atoms with van der Waals surface area (Å²) in [5.41, 5.74) is 0.582. The van der Waals surface area contributed by atoms with Gasteiger partial charge in [0.25, 0.3) is 0 Å². The third-order valence-electron chi connectivity index (χ3n) is 4.68. The predicted octanol–water partition coefficient (Wildman–Crippen LogP) is 1.55. The van der Waals surface area contributed by atoms with Crippen molar-refractivity contribution in [2.45, 2.75) is 25.3 Å². The zero-order chi connectivity index (χ0) is 19.5. The van der Waals surface area contributed by atoms with Crippen molar-refractivity contribution in [2.24, 2.45) is 0 Å². The molecule has 1 aromatic carbocycles. The van der Waals surface area contributed by atoms with Gasteiger partial charge in [0.15, 0.2) is 5.82 Å². The number of hydrogen-bond donors (Lipinski definition) is 2. The highest BCUT2D eigenvalue weighted by atomic mass is 19.1. The van der Waals surface area contributed by atoms with E-state index in [1.807, 2.05) is 0 Å². The summed E-state index contributed by atoms with van der Waals surface area (Å²) >= 11 is 0. The molecule has 28 heavy (non-hydrogen) atoms. The molecule has 2 N–H and O–H groups in total. The van der Waals surface area contributed by atoms with Crippen LogP contribution in [0.3, 0.4) is 0 Å². The molecular formula is C17H18FN7O3. The minimum atomic E-state index is -0.338. The Morgan fingerprint density at radius 1 is 1.29 bits per heavy atom. The van der Waals surface area contributed by atoms with Crippen LogP contribution in [0.4, 0.5) is 15.2 Å². The summed E-state index contributed by atoms with van der Waals surface area (Å²) in [6, 6.07) is 5.68. The number of rotatable bonds is 4. The average molecular weight is 387 g/mol. The largest absolute Gasteiger partial charge is 0.343 e. The molecule has 3 heterocycles. The van der Waals surface area contributed by atoms with E-state index in [2.05, 4.69) is 25.7 Å². The number of H-pyrrole nitrogens is 1. The first kappa shape index (κ1) is 17.9. The number of benzene rings is 1. The van der Waals surface area contributed by atoms with Crippen molar-refractivity contribution in [3.8, 4) is 0 Å². The van der Waals surface area contributed by atoms with Crippen LogP contribution in [0, 0.1) is 5.82 Å². The third-order valence-corrected chi connectivity index (χ3v) is 4.68. The van der Waals surface area contributed by atoms with E-state index < -0.39 is 0 Å². The van der Waals surface area contributed by atoms with E-state index in [0.717, 1.165) is 5.56 Å². The number of amides is 2. The van der Waals surface area contributed by atoms with Crippen molar-refractivity contribution in [3.63, 3.8) is 0 Å². The molecule has 1 saturated heterocycles. The van der Waals surface area contributed by atoms with Crippen LogP contribution in [-0.2, 0) is 6.42 Å². The number of halogens is 1. The van der Waals surface area contributed by atoms with Gasteiger partial charge in [0.1, 0.15) is 12.1 Å². The monoisotopic (exact) mass is 387 g/mol. The summed E-state index contributed by atoms with van der Waals surface area (Å²) in [4.78, 5) is 29.8. The topological polar surface area (TPSA) is 122 Å². The molecule has 0 bridgehead atoms. The minimum absolute atomic E-state index is 0.00953. The van der Waals surface area contributed by atoms with Crippen molar-refractivity contribution in [1.29, 1.82) is 0 Å². The van der Waals surface area contributed by atoms with Crippen LogP contribution in [0.1, 0.15) is 30.3 Å². The number of aromatic amines is 1. The highest BCUT2D eigenvalue weighted by Crippen LogP contribution is 2.21. The fourth-order valence-corrected chi connectivity index (χ4v) is 3.20. The summed E-state index contributed by atoms with van der Waals surface area (Å²) in [6.07, 6.45) is 3.13. The number of nitrogens with zero attached hydrogens (tertiary/aromatic N) is 5. The number of aromatic nitrogens is 5. The van der Waals surface area contributed by atoms with Gasteiger partial charge in [-0.2, -0.15) is 10.1 Å². The summed E-state index contributed by atoms with van der Waals surface area (Å²) in [5.74, 6) is 0.0752. The molecule has 11 heteroatoms. The van der Waals surface area contributed by atoms with Gasteiger partial charge in [-0.15, -0.1) is 0 Å². The van der Waals surface area contributed by atoms with Gasteiger partial charge in [-0.25, -0.2) is 19.1 Å². The van der Waals surface area contributed by atoms with Crippen molar-refractivity contribution < 1.29 is 13.7 Å². The number of nitrogens with one attached hydrogen (secondary N) is 2. The van der Waals surface area contributed by atoms with Crippen molar-refractivity contribution in [1.82, 2.24) is 29.8 Å². The summed E-state index contributed by atoms with van der Waals surface area (Å²) < 4.78 is 19.6. The highest BCUT2D eigenvalue weighted by Gasteiger charge is 2.25. The lowest BCUT2D eigenvalue weighted by atomic mass is 10.1. The second kappa shape index (κ2) is 7.62. The van der Waals surface area contributed by atoms with Crippen LogP contribution in [0.15, 0.2) is 39.9 Å². The SMILES string of the molecule is O=C(Nc1nc(Cc2ccc(F)cc2)no1)N1CCC(n2cn[nH]c2=O)CC1. The fourth-order valence-electron chi connectivity index (χ4n) is 3.20. The molecule has 0 spiro atoms. The molecule has 0 atom stereocenters. The second-order valence-electron chi connectivity index (χ2n) is 6.54. The molecule has 0 unspecified atom stereocenters. The lowest BCUT2D eigenvalue weighted by Crippen LogP contribution is -2.42. The molecule has 146 valence electrons. The van der Waals surface area contributed by atoms with Crippen LogP contribution >= 0.6 is 0 Å². The molecule has 3 aromatic rings. The molecule has 0 saturated carbocycles. The molecule has 10 nitrogen and oxygen atoms in total. The van der Waals surface area contributed by atoms with Crippen molar-refractivity contribution in [3.05, 3.63) is 58.3 Å². The zero-order valence-corrected chi connectivity index (χ0v) is 14.8. The second-order valence-corrected chi connectivity index (χ2v) is 6.54. The molecule has 0 radical (unpaired) electrons. The van der Waals surface area contributed by atoms with E-state index in [4.69, 9.17) is 4.52 Å². The summed E-state index contributed by atoms with van der Waals surface area (Å²) in [6.45, 7) is 0.982. The summed E-state index contributed by atoms with van der Waals surface area (Å²) in [7, 11) is 0. The van der Waals surface area contributed by atoms with Gasteiger partial charge in [0, 0.05) is 25.6 Å². The van der Waals surface area contributed by atoms with Gasteiger partial charge in [-0.3, -0.25) is 9.88 Å². The lowest BCUT2D eigenvalue weighted by Gasteiger charge is -2.31. The molecule has 1 aliphatic heterocycles. The first-order valence-electron chi connectivity index (χ1n) is 8.83. The van der Waals surface area contributed by atoms with Crippen LogP contribution in [-0.4, -0.2) is 48.9 Å². The van der Waals surface area contributed by atoms with Crippen molar-refractivity contribution >= 4 is 12.0 Å². The molecule has 1 aliphatic rings. The van der Waals surface area contributed by atoms with Crippen molar-refractivity contribution in [2.75, 3.05) is 18.4 Å². The van der Waals surface area contributed by atoms with E-state index >= 15 is 0 Å². The van der Waals surface area contributed by atoms with Crippen LogP contribution in [0.25, 0.3) is 0 Å². The molecule has 2 amide bonds. The van der Waals surface area contributed by atoms with Gasteiger partial charge in [-0.05, 0) is 30.5 Å². The van der Waals surface area contributed by atoms with E-state index in [9.17, 15) is 14.0 Å². The Bertz CT molecular complexity index is 1000.